The van der Waals surface area contributed by atoms with E-state index >= 15 is 0 Å². The molecule has 2 aliphatic heterocycles. The first-order valence-electron chi connectivity index (χ1n) is 9.22. The Labute approximate surface area is 161 Å². The zero-order valence-corrected chi connectivity index (χ0v) is 15.6. The molecule has 5 rings (SSSR count). The number of ether oxygens (including phenoxy) is 2. The van der Waals surface area contributed by atoms with Gasteiger partial charge < -0.3 is 19.3 Å². The molecular weight excluding hydrogens is 364 g/mol. The summed E-state index contributed by atoms with van der Waals surface area (Å²) in [4.78, 5) is 30.5. The van der Waals surface area contributed by atoms with E-state index in [9.17, 15) is 9.59 Å². The Hall–Kier alpha value is -2.54. The van der Waals surface area contributed by atoms with Crippen molar-refractivity contribution in [1.29, 1.82) is 0 Å². The fraction of sp³-hybridized carbons (Fsp3) is 0.400. The number of nitrogens with zero attached hydrogens (tertiary/aromatic N) is 2. The maximum Gasteiger partial charge on any atom is 0.254 e. The number of amides is 2. The molecule has 2 atom stereocenters. The fourth-order valence-electron chi connectivity index (χ4n) is 3.86. The third-order valence-electron chi connectivity index (χ3n) is 5.51. The van der Waals surface area contributed by atoms with Crippen molar-refractivity contribution >= 4 is 23.2 Å². The predicted octanol–water partition coefficient (Wildman–Crippen LogP) is 2.56. The molecule has 140 valence electrons. The van der Waals surface area contributed by atoms with Crippen LogP contribution in [0.5, 0.6) is 11.5 Å². The third kappa shape index (κ3) is 3.06. The van der Waals surface area contributed by atoms with Crippen molar-refractivity contribution in [2.75, 3.05) is 33.0 Å². The number of hydrogen-bond acceptors (Lipinski definition) is 5. The number of hydrogen-bond donors (Lipinski definition) is 0. The van der Waals surface area contributed by atoms with Crippen LogP contribution in [0, 0.1) is 5.92 Å². The molecule has 0 unspecified atom stereocenters. The minimum atomic E-state index is -0.0247. The molecule has 2 fully saturated rings. The molecule has 0 N–H and O–H groups in total. The molecule has 3 heterocycles. The lowest BCUT2D eigenvalue weighted by atomic mass is 10.1. The van der Waals surface area contributed by atoms with Crippen LogP contribution in [0.15, 0.2) is 35.7 Å². The molecule has 1 aliphatic carbocycles. The molecule has 0 radical (unpaired) electrons. The normalized spacial score (nSPS) is 23.4. The fourth-order valence-corrected chi connectivity index (χ4v) is 4.77. The summed E-state index contributed by atoms with van der Waals surface area (Å²) < 4.78 is 10.6. The van der Waals surface area contributed by atoms with E-state index < -0.39 is 0 Å². The first kappa shape index (κ1) is 16.6. The number of rotatable bonds is 3. The van der Waals surface area contributed by atoms with Gasteiger partial charge in [0.05, 0.1) is 0 Å². The zero-order valence-electron chi connectivity index (χ0n) is 14.8. The van der Waals surface area contributed by atoms with Crippen LogP contribution in [0.1, 0.15) is 27.6 Å². The van der Waals surface area contributed by atoms with Gasteiger partial charge in [0.2, 0.25) is 12.7 Å². The van der Waals surface area contributed by atoms with Gasteiger partial charge in [-0.15, -0.1) is 11.3 Å². The average Bonchev–Trinajstić information content (AvgIpc) is 3.10. The lowest BCUT2D eigenvalue weighted by molar-refractivity contribution is -0.134. The predicted molar refractivity (Wildman–Crippen MR) is 100 cm³/mol. The summed E-state index contributed by atoms with van der Waals surface area (Å²) >= 11 is 1.73. The van der Waals surface area contributed by atoms with Crippen molar-refractivity contribution < 1.29 is 19.1 Å². The minimum absolute atomic E-state index is 0.0247. The Bertz CT molecular complexity index is 874. The molecule has 6 nitrogen and oxygen atoms in total. The van der Waals surface area contributed by atoms with Crippen molar-refractivity contribution in [2.45, 2.75) is 12.3 Å². The number of carbonyl (C=O) groups excluding carboxylic acids is 2. The molecule has 3 aliphatic rings. The molecule has 2 aromatic rings. The van der Waals surface area contributed by atoms with Gasteiger partial charge in [0.1, 0.15) is 0 Å². The number of carbonyl (C=O) groups is 2. The number of fused-ring (bicyclic) bond motifs is 1. The highest BCUT2D eigenvalue weighted by atomic mass is 32.1. The van der Waals surface area contributed by atoms with Crippen molar-refractivity contribution in [3.05, 3.63) is 46.2 Å². The summed E-state index contributed by atoms with van der Waals surface area (Å²) in [7, 11) is 0. The summed E-state index contributed by atoms with van der Waals surface area (Å²) in [6, 6.07) is 9.43. The van der Waals surface area contributed by atoms with Gasteiger partial charge in [-0.3, -0.25) is 9.59 Å². The van der Waals surface area contributed by atoms with Crippen molar-refractivity contribution in [3.63, 3.8) is 0 Å². The molecule has 1 saturated heterocycles. The molecule has 7 heteroatoms. The van der Waals surface area contributed by atoms with Gasteiger partial charge >= 0.3 is 0 Å². The van der Waals surface area contributed by atoms with Gasteiger partial charge in [-0.2, -0.15) is 0 Å². The smallest absolute Gasteiger partial charge is 0.254 e. The molecule has 0 spiro atoms. The van der Waals surface area contributed by atoms with E-state index in [-0.39, 0.29) is 24.5 Å². The second-order valence-corrected chi connectivity index (χ2v) is 8.13. The average molecular weight is 384 g/mol. The van der Waals surface area contributed by atoms with E-state index in [2.05, 4.69) is 11.4 Å². The lowest BCUT2D eigenvalue weighted by Gasteiger charge is -2.35. The lowest BCUT2D eigenvalue weighted by Crippen LogP contribution is -2.51. The largest absolute Gasteiger partial charge is 0.454 e. The highest BCUT2D eigenvalue weighted by Gasteiger charge is 2.46. The quantitative estimate of drug-likeness (QED) is 0.816. The number of benzene rings is 1. The second-order valence-electron chi connectivity index (χ2n) is 7.15. The SMILES string of the molecule is O=C(c1ccc2c(c1)OCO2)N1CCN(C(=O)[C@@H]2C[C@@H]2c2cccs2)CC1. The molecule has 1 aromatic carbocycles. The number of piperazine rings is 1. The van der Waals surface area contributed by atoms with E-state index in [0.717, 1.165) is 6.42 Å². The van der Waals surface area contributed by atoms with Crippen molar-refractivity contribution in [1.82, 2.24) is 9.80 Å². The standard InChI is InChI=1S/C20H20N2O4S/c23-19(13-3-4-16-17(10-13)26-12-25-16)21-5-7-22(8-6-21)20(24)15-11-14(15)18-2-1-9-27-18/h1-4,9-10,14-15H,5-8,11-12H2/t14-,15+/m0/s1. The van der Waals surface area contributed by atoms with Gasteiger partial charge in [-0.1, -0.05) is 6.07 Å². The van der Waals surface area contributed by atoms with Gasteiger partial charge in [0.25, 0.3) is 5.91 Å². The molecule has 1 saturated carbocycles. The highest BCUT2D eigenvalue weighted by molar-refractivity contribution is 7.10. The van der Waals surface area contributed by atoms with Crippen molar-refractivity contribution in [3.8, 4) is 11.5 Å². The van der Waals surface area contributed by atoms with Crippen molar-refractivity contribution in [2.24, 2.45) is 5.92 Å². The van der Waals surface area contributed by atoms with Crippen LogP contribution in [-0.4, -0.2) is 54.6 Å². The third-order valence-corrected chi connectivity index (χ3v) is 6.52. The second kappa shape index (κ2) is 6.56. The minimum Gasteiger partial charge on any atom is -0.454 e. The van der Waals surface area contributed by atoms with Crippen LogP contribution in [0.25, 0.3) is 0 Å². The molecule has 2 amide bonds. The Kier molecular flexibility index (Phi) is 4.04. The highest BCUT2D eigenvalue weighted by Crippen LogP contribution is 2.50. The summed E-state index contributed by atoms with van der Waals surface area (Å²) in [6.45, 7) is 2.53. The Morgan fingerprint density at radius 3 is 2.56 bits per heavy atom. The van der Waals surface area contributed by atoms with Gasteiger partial charge in [0.15, 0.2) is 11.5 Å². The summed E-state index contributed by atoms with van der Waals surface area (Å²) in [5, 5.41) is 2.07. The van der Waals surface area contributed by atoms with Crippen LogP contribution >= 0.6 is 11.3 Å². The van der Waals surface area contributed by atoms with Crippen LogP contribution in [0.2, 0.25) is 0 Å². The van der Waals surface area contributed by atoms with Gasteiger partial charge in [-0.05, 0) is 36.1 Å². The Balaban J connectivity index is 1.18. The zero-order chi connectivity index (χ0) is 18.4. The monoisotopic (exact) mass is 384 g/mol. The summed E-state index contributed by atoms with van der Waals surface area (Å²) in [5.74, 6) is 2.02. The summed E-state index contributed by atoms with van der Waals surface area (Å²) in [6.07, 6.45) is 0.954. The molecule has 0 bridgehead atoms. The van der Waals surface area contributed by atoms with E-state index in [1.807, 2.05) is 15.9 Å². The van der Waals surface area contributed by atoms with E-state index in [0.29, 0.717) is 49.2 Å². The topological polar surface area (TPSA) is 59.1 Å². The van der Waals surface area contributed by atoms with E-state index in [1.165, 1.54) is 4.88 Å². The van der Waals surface area contributed by atoms with Crippen LogP contribution in [-0.2, 0) is 4.79 Å². The summed E-state index contributed by atoms with van der Waals surface area (Å²) in [5.41, 5.74) is 0.596. The number of thiophene rings is 1. The molecule has 1 aromatic heterocycles. The van der Waals surface area contributed by atoms with Crippen LogP contribution in [0.3, 0.4) is 0 Å². The first-order valence-corrected chi connectivity index (χ1v) is 10.1. The van der Waals surface area contributed by atoms with Gasteiger partial charge in [0, 0.05) is 48.5 Å². The first-order chi connectivity index (χ1) is 13.2. The molecular formula is C20H20N2O4S. The van der Waals surface area contributed by atoms with Crippen LogP contribution < -0.4 is 9.47 Å². The molecule has 27 heavy (non-hydrogen) atoms. The Morgan fingerprint density at radius 2 is 1.78 bits per heavy atom. The van der Waals surface area contributed by atoms with E-state index in [1.54, 1.807) is 29.5 Å². The maximum atomic E-state index is 12.8. The van der Waals surface area contributed by atoms with Gasteiger partial charge in [-0.25, -0.2) is 0 Å². The maximum absolute atomic E-state index is 12.8. The Morgan fingerprint density at radius 1 is 1.00 bits per heavy atom. The van der Waals surface area contributed by atoms with E-state index in [4.69, 9.17) is 9.47 Å². The van der Waals surface area contributed by atoms with Crippen LogP contribution in [0.4, 0.5) is 0 Å².